The van der Waals surface area contributed by atoms with Gasteiger partial charge in [0.15, 0.2) is 0 Å². The minimum absolute atomic E-state index is 0.0265. The van der Waals surface area contributed by atoms with Crippen molar-refractivity contribution >= 4 is 23.2 Å². The third kappa shape index (κ3) is 5.72. The van der Waals surface area contributed by atoms with Gasteiger partial charge in [-0.05, 0) is 89.8 Å². The minimum Gasteiger partial charge on any atom is -0.325 e. The first-order valence-corrected chi connectivity index (χ1v) is 17.5. The molecule has 10 nitrogen and oxygen atoms in total. The highest BCUT2D eigenvalue weighted by Gasteiger charge is 2.36. The maximum atomic E-state index is 13.2. The van der Waals surface area contributed by atoms with E-state index in [1.807, 2.05) is 33.4 Å². The van der Waals surface area contributed by atoms with Crippen molar-refractivity contribution in [2.24, 2.45) is 11.8 Å². The Bertz CT molecular complexity index is 1970. The standard InChI is InChI=1S/C39H40N6O4/c46-36(22-42-16-24-11-28(20-42)34-3-1-5-38(48)44(34)18-24)40-30-7-9-32-26(14-30)13-27-15-31(8-10-33(27)32)41-37(47)23-43-17-25-12-29(21-43)35-4-2-6-39(49)45(35)19-25/h1-10,14-15,24-25,28-29H,11-13,16-23H2,(H,40,46)(H,41,47). The first-order valence-electron chi connectivity index (χ1n) is 17.5. The molecule has 6 heterocycles. The lowest BCUT2D eigenvalue weighted by atomic mass is 9.83. The number of carbonyl (C=O) groups excluding carboxylic acids is 2. The van der Waals surface area contributed by atoms with Crippen LogP contribution in [0.3, 0.4) is 0 Å². The van der Waals surface area contributed by atoms with E-state index in [1.165, 1.54) is 0 Å². The van der Waals surface area contributed by atoms with Crippen LogP contribution in [0.2, 0.25) is 0 Å². The van der Waals surface area contributed by atoms with Crippen LogP contribution in [0.4, 0.5) is 11.4 Å². The molecule has 4 unspecified atom stereocenters. The topological polar surface area (TPSA) is 109 Å². The van der Waals surface area contributed by atoms with Crippen LogP contribution >= 0.6 is 0 Å². The summed E-state index contributed by atoms with van der Waals surface area (Å²) in [6, 6.07) is 23.3. The summed E-state index contributed by atoms with van der Waals surface area (Å²) in [5.74, 6) is 1.26. The summed E-state index contributed by atoms with van der Waals surface area (Å²) < 4.78 is 3.83. The number of likely N-dealkylation sites (tertiary alicyclic amines) is 2. The smallest absolute Gasteiger partial charge is 0.250 e. The molecule has 1 aliphatic carbocycles. The van der Waals surface area contributed by atoms with E-state index in [4.69, 9.17) is 0 Å². The maximum absolute atomic E-state index is 13.2. The Labute approximate surface area is 284 Å². The highest BCUT2D eigenvalue weighted by molar-refractivity contribution is 5.94. The number of anilines is 2. The number of hydrogen-bond acceptors (Lipinski definition) is 6. The average molecular weight is 657 g/mol. The number of benzene rings is 2. The Hall–Kier alpha value is -4.80. The van der Waals surface area contributed by atoms with Gasteiger partial charge in [-0.3, -0.25) is 29.0 Å². The zero-order valence-electron chi connectivity index (χ0n) is 27.4. The average Bonchev–Trinajstić information content (AvgIpc) is 3.42. The van der Waals surface area contributed by atoms with Crippen LogP contribution in [0.25, 0.3) is 11.1 Å². The van der Waals surface area contributed by atoms with E-state index >= 15 is 0 Å². The van der Waals surface area contributed by atoms with E-state index in [9.17, 15) is 19.2 Å². The summed E-state index contributed by atoms with van der Waals surface area (Å²) in [7, 11) is 0. The Morgan fingerprint density at radius 3 is 1.53 bits per heavy atom. The molecule has 0 saturated carbocycles. The monoisotopic (exact) mass is 656 g/mol. The van der Waals surface area contributed by atoms with Crippen molar-refractivity contribution in [3.63, 3.8) is 0 Å². The van der Waals surface area contributed by atoms with Gasteiger partial charge in [-0.25, -0.2) is 0 Å². The van der Waals surface area contributed by atoms with Crippen LogP contribution in [-0.2, 0) is 29.1 Å². The highest BCUT2D eigenvalue weighted by atomic mass is 16.2. The van der Waals surface area contributed by atoms with Gasteiger partial charge in [-0.1, -0.05) is 24.3 Å². The minimum atomic E-state index is -0.0265. The molecule has 2 aromatic carbocycles. The number of nitrogens with one attached hydrogen (secondary N) is 2. The second-order valence-corrected chi connectivity index (χ2v) is 14.8. The zero-order chi connectivity index (χ0) is 33.2. The van der Waals surface area contributed by atoms with Crippen LogP contribution in [0.5, 0.6) is 0 Å². The maximum Gasteiger partial charge on any atom is 0.250 e. The van der Waals surface area contributed by atoms with E-state index in [1.54, 1.807) is 12.1 Å². The summed E-state index contributed by atoms with van der Waals surface area (Å²) >= 11 is 0. The summed E-state index contributed by atoms with van der Waals surface area (Å²) in [6.45, 7) is 5.30. The summed E-state index contributed by atoms with van der Waals surface area (Å²) in [4.78, 5) is 55.5. The van der Waals surface area contributed by atoms with Crippen LogP contribution in [0.1, 0.15) is 47.2 Å². The third-order valence-electron chi connectivity index (χ3n) is 11.3. The molecule has 4 bridgehead atoms. The van der Waals surface area contributed by atoms with E-state index in [0.717, 1.165) is 104 Å². The molecule has 4 aliphatic heterocycles. The molecule has 250 valence electrons. The van der Waals surface area contributed by atoms with E-state index in [2.05, 4.69) is 56.8 Å². The molecule has 0 radical (unpaired) electrons. The van der Waals surface area contributed by atoms with Gasteiger partial charge in [0.2, 0.25) is 11.8 Å². The van der Waals surface area contributed by atoms with Crippen LogP contribution in [-0.4, -0.2) is 70.0 Å². The first kappa shape index (κ1) is 30.3. The van der Waals surface area contributed by atoms with Crippen molar-refractivity contribution in [3.8, 4) is 11.1 Å². The fourth-order valence-electron chi connectivity index (χ4n) is 9.42. The first-order chi connectivity index (χ1) is 23.8. The number of pyridine rings is 2. The Morgan fingerprint density at radius 1 is 0.592 bits per heavy atom. The van der Waals surface area contributed by atoms with Gasteiger partial charge in [-0.2, -0.15) is 0 Å². The molecule has 4 aromatic rings. The predicted molar refractivity (Wildman–Crippen MR) is 188 cm³/mol. The number of piperidine rings is 2. The van der Waals surface area contributed by atoms with Gasteiger partial charge in [0.25, 0.3) is 11.1 Å². The quantitative estimate of drug-likeness (QED) is 0.289. The lowest BCUT2D eigenvalue weighted by molar-refractivity contribution is -0.118. The third-order valence-corrected chi connectivity index (χ3v) is 11.3. The molecule has 0 spiro atoms. The van der Waals surface area contributed by atoms with Gasteiger partial charge < -0.3 is 19.8 Å². The van der Waals surface area contributed by atoms with Gasteiger partial charge in [0, 0.05) is 86.0 Å². The number of rotatable bonds is 6. The molecule has 2 aromatic heterocycles. The molecular weight excluding hydrogens is 616 g/mol. The molecule has 2 N–H and O–H groups in total. The van der Waals surface area contributed by atoms with Crippen molar-refractivity contribution in [1.82, 2.24) is 18.9 Å². The van der Waals surface area contributed by atoms with Crippen molar-refractivity contribution in [2.45, 2.75) is 44.2 Å². The molecule has 2 fully saturated rings. The summed E-state index contributed by atoms with van der Waals surface area (Å²) in [6.07, 6.45) is 2.87. The summed E-state index contributed by atoms with van der Waals surface area (Å²) in [5.41, 5.74) is 8.52. The second kappa shape index (κ2) is 12.0. The fourth-order valence-corrected chi connectivity index (χ4v) is 9.42. The van der Waals surface area contributed by atoms with E-state index in [0.29, 0.717) is 24.9 Å². The molecule has 49 heavy (non-hydrogen) atoms. The van der Waals surface area contributed by atoms with Crippen LogP contribution in [0, 0.1) is 11.8 Å². The van der Waals surface area contributed by atoms with Crippen molar-refractivity contribution in [1.29, 1.82) is 0 Å². The Kier molecular flexibility index (Phi) is 7.39. The van der Waals surface area contributed by atoms with Gasteiger partial charge in [-0.15, -0.1) is 0 Å². The molecule has 5 aliphatic rings. The number of carbonyl (C=O) groups is 2. The number of hydrogen-bond donors (Lipinski definition) is 2. The normalized spacial score (nSPS) is 23.5. The number of fused-ring (bicyclic) bond motifs is 11. The van der Waals surface area contributed by atoms with E-state index in [-0.39, 0.29) is 34.8 Å². The molecule has 4 atom stereocenters. The Morgan fingerprint density at radius 2 is 1.06 bits per heavy atom. The van der Waals surface area contributed by atoms with Crippen molar-refractivity contribution in [2.75, 3.05) is 49.9 Å². The lowest BCUT2D eigenvalue weighted by Gasteiger charge is -2.42. The molecule has 2 amide bonds. The second-order valence-electron chi connectivity index (χ2n) is 14.8. The molecular formula is C39H40N6O4. The zero-order valence-corrected chi connectivity index (χ0v) is 27.4. The number of nitrogens with zero attached hydrogens (tertiary/aromatic N) is 4. The lowest BCUT2D eigenvalue weighted by Crippen LogP contribution is -2.49. The Balaban J connectivity index is 0.805. The van der Waals surface area contributed by atoms with Gasteiger partial charge in [0.1, 0.15) is 0 Å². The largest absolute Gasteiger partial charge is 0.325 e. The highest BCUT2D eigenvalue weighted by Crippen LogP contribution is 2.40. The predicted octanol–water partition coefficient (Wildman–Crippen LogP) is 3.70. The SMILES string of the molecule is O=C(CN1CC2CC(C1)c1cccc(=O)n1C2)Nc1ccc2c(c1)Cc1cc(NC(=O)CN3CC4CC(C3)c3cccc(=O)n3C4)ccc1-2. The number of aromatic nitrogens is 2. The van der Waals surface area contributed by atoms with Gasteiger partial charge >= 0.3 is 0 Å². The van der Waals surface area contributed by atoms with Crippen molar-refractivity contribution in [3.05, 3.63) is 116 Å². The molecule has 10 heteroatoms. The van der Waals surface area contributed by atoms with Gasteiger partial charge in [0.05, 0.1) is 13.1 Å². The fraction of sp³-hybridized carbons (Fsp3) is 0.385. The molecule has 2 saturated heterocycles. The number of amides is 2. The van der Waals surface area contributed by atoms with E-state index < -0.39 is 0 Å². The van der Waals surface area contributed by atoms with Crippen LogP contribution < -0.4 is 21.8 Å². The summed E-state index contributed by atoms with van der Waals surface area (Å²) in [5, 5.41) is 6.25. The molecule has 9 rings (SSSR count). The van der Waals surface area contributed by atoms with Crippen molar-refractivity contribution < 1.29 is 9.59 Å². The van der Waals surface area contributed by atoms with Crippen LogP contribution in [0.15, 0.2) is 82.4 Å².